The first-order chi connectivity index (χ1) is 9.15. The van der Waals surface area contributed by atoms with Crippen molar-refractivity contribution in [1.82, 2.24) is 10.2 Å². The minimum absolute atomic E-state index is 0.664. The van der Waals surface area contributed by atoms with E-state index >= 15 is 0 Å². The van der Waals surface area contributed by atoms with Gasteiger partial charge in [-0.05, 0) is 64.5 Å². The Kier molecular flexibility index (Phi) is 5.70. The van der Waals surface area contributed by atoms with Gasteiger partial charge >= 0.3 is 0 Å². The molecule has 2 rings (SSSR count). The summed E-state index contributed by atoms with van der Waals surface area (Å²) in [6.07, 6.45) is 11.6. The lowest BCUT2D eigenvalue weighted by Crippen LogP contribution is -2.48. The Balaban J connectivity index is 1.72. The van der Waals surface area contributed by atoms with E-state index < -0.39 is 0 Å². The van der Waals surface area contributed by atoms with Gasteiger partial charge in [-0.25, -0.2) is 0 Å². The van der Waals surface area contributed by atoms with E-state index in [1.807, 2.05) is 0 Å². The third-order valence-electron chi connectivity index (χ3n) is 5.77. The zero-order chi connectivity index (χ0) is 13.7. The molecule has 19 heavy (non-hydrogen) atoms. The highest BCUT2D eigenvalue weighted by Gasteiger charge is 2.36. The van der Waals surface area contributed by atoms with Crippen LogP contribution in [-0.2, 0) is 0 Å². The fourth-order valence-electron chi connectivity index (χ4n) is 3.89. The topological polar surface area (TPSA) is 15.3 Å². The SMILES string of the molecule is CCC(C)NCC(C)N1CCC2(CCCCC2)CC1. The summed E-state index contributed by atoms with van der Waals surface area (Å²) in [6, 6.07) is 1.37. The van der Waals surface area contributed by atoms with Gasteiger partial charge < -0.3 is 5.32 Å². The maximum absolute atomic E-state index is 3.66. The molecule has 2 unspecified atom stereocenters. The highest BCUT2D eigenvalue weighted by molar-refractivity contribution is 4.89. The summed E-state index contributed by atoms with van der Waals surface area (Å²) in [4.78, 5) is 2.72. The van der Waals surface area contributed by atoms with E-state index in [0.29, 0.717) is 12.1 Å². The number of hydrogen-bond acceptors (Lipinski definition) is 2. The maximum atomic E-state index is 3.66. The Hall–Kier alpha value is -0.0800. The van der Waals surface area contributed by atoms with Crippen LogP contribution in [0.4, 0.5) is 0 Å². The molecule has 2 aliphatic rings. The lowest BCUT2D eigenvalue weighted by Gasteiger charge is -2.46. The van der Waals surface area contributed by atoms with Crippen molar-refractivity contribution >= 4 is 0 Å². The molecule has 1 spiro atoms. The van der Waals surface area contributed by atoms with E-state index in [2.05, 4.69) is 31.0 Å². The predicted octanol–water partition coefficient (Wildman–Crippen LogP) is 3.81. The summed E-state index contributed by atoms with van der Waals surface area (Å²) in [6.45, 7) is 10.8. The smallest absolute Gasteiger partial charge is 0.0192 e. The molecule has 0 aromatic heterocycles. The number of likely N-dealkylation sites (tertiary alicyclic amines) is 1. The van der Waals surface area contributed by atoms with Crippen LogP contribution in [0.15, 0.2) is 0 Å². The number of rotatable bonds is 5. The third-order valence-corrected chi connectivity index (χ3v) is 5.77. The summed E-state index contributed by atoms with van der Waals surface area (Å²) >= 11 is 0. The van der Waals surface area contributed by atoms with Gasteiger partial charge in [0.1, 0.15) is 0 Å². The first-order valence-corrected chi connectivity index (χ1v) is 8.63. The molecular formula is C17H34N2. The quantitative estimate of drug-likeness (QED) is 0.814. The highest BCUT2D eigenvalue weighted by atomic mass is 15.2. The Labute approximate surface area is 120 Å². The summed E-state index contributed by atoms with van der Waals surface area (Å²) in [5, 5.41) is 3.66. The lowest BCUT2D eigenvalue weighted by molar-refractivity contribution is 0.0485. The highest BCUT2D eigenvalue weighted by Crippen LogP contribution is 2.44. The van der Waals surface area contributed by atoms with Gasteiger partial charge in [0, 0.05) is 18.6 Å². The molecule has 2 heteroatoms. The molecule has 1 N–H and O–H groups in total. The van der Waals surface area contributed by atoms with E-state index in [1.54, 1.807) is 0 Å². The number of nitrogens with zero attached hydrogens (tertiary/aromatic N) is 1. The van der Waals surface area contributed by atoms with Crippen LogP contribution in [0.2, 0.25) is 0 Å². The molecule has 0 aromatic rings. The lowest BCUT2D eigenvalue weighted by atomic mass is 9.68. The Bertz CT molecular complexity index is 248. The number of hydrogen-bond donors (Lipinski definition) is 1. The van der Waals surface area contributed by atoms with Gasteiger partial charge in [0.25, 0.3) is 0 Å². The predicted molar refractivity (Wildman–Crippen MR) is 83.5 cm³/mol. The van der Waals surface area contributed by atoms with E-state index in [9.17, 15) is 0 Å². The van der Waals surface area contributed by atoms with E-state index in [4.69, 9.17) is 0 Å². The van der Waals surface area contributed by atoms with E-state index in [1.165, 1.54) is 64.5 Å². The molecule has 112 valence electrons. The molecule has 1 saturated carbocycles. The van der Waals surface area contributed by atoms with Crippen molar-refractivity contribution in [2.45, 2.75) is 84.2 Å². The minimum Gasteiger partial charge on any atom is -0.313 e. The number of piperidine rings is 1. The molecule has 2 atom stereocenters. The second-order valence-corrected chi connectivity index (χ2v) is 7.16. The average molecular weight is 266 g/mol. The van der Waals surface area contributed by atoms with Crippen molar-refractivity contribution in [3.05, 3.63) is 0 Å². The summed E-state index contributed by atoms with van der Waals surface area (Å²) in [5.41, 5.74) is 0.749. The van der Waals surface area contributed by atoms with Gasteiger partial charge in [-0.2, -0.15) is 0 Å². The van der Waals surface area contributed by atoms with Crippen LogP contribution in [-0.4, -0.2) is 36.6 Å². The van der Waals surface area contributed by atoms with Crippen molar-refractivity contribution in [3.63, 3.8) is 0 Å². The fraction of sp³-hybridized carbons (Fsp3) is 1.00. The Morgan fingerprint density at radius 1 is 1.00 bits per heavy atom. The largest absolute Gasteiger partial charge is 0.313 e. The maximum Gasteiger partial charge on any atom is 0.0192 e. The third kappa shape index (κ3) is 4.19. The van der Waals surface area contributed by atoms with E-state index in [-0.39, 0.29) is 0 Å². The molecule has 2 fully saturated rings. The molecule has 0 bridgehead atoms. The van der Waals surface area contributed by atoms with Gasteiger partial charge in [0.15, 0.2) is 0 Å². The van der Waals surface area contributed by atoms with Crippen molar-refractivity contribution < 1.29 is 0 Å². The van der Waals surface area contributed by atoms with Crippen LogP contribution in [0.25, 0.3) is 0 Å². The zero-order valence-corrected chi connectivity index (χ0v) is 13.4. The van der Waals surface area contributed by atoms with Gasteiger partial charge in [0.2, 0.25) is 0 Å². The molecule has 1 aliphatic heterocycles. The first-order valence-electron chi connectivity index (χ1n) is 8.63. The summed E-state index contributed by atoms with van der Waals surface area (Å²) < 4.78 is 0. The summed E-state index contributed by atoms with van der Waals surface area (Å²) in [5.74, 6) is 0. The molecule has 0 aromatic carbocycles. The average Bonchev–Trinajstić information content (AvgIpc) is 2.46. The normalized spacial score (nSPS) is 27.3. The van der Waals surface area contributed by atoms with Crippen LogP contribution in [0.5, 0.6) is 0 Å². The molecule has 1 saturated heterocycles. The van der Waals surface area contributed by atoms with Gasteiger partial charge in [-0.15, -0.1) is 0 Å². The van der Waals surface area contributed by atoms with Crippen LogP contribution >= 0.6 is 0 Å². The Morgan fingerprint density at radius 2 is 1.63 bits per heavy atom. The molecule has 1 heterocycles. The standard InChI is InChI=1S/C17H34N2/c1-4-15(2)18-14-16(3)19-12-10-17(11-13-19)8-6-5-7-9-17/h15-16,18H,4-14H2,1-3H3. The molecule has 2 nitrogen and oxygen atoms in total. The second-order valence-electron chi connectivity index (χ2n) is 7.16. The molecule has 0 amide bonds. The van der Waals surface area contributed by atoms with Crippen LogP contribution < -0.4 is 5.32 Å². The first kappa shape index (κ1) is 15.3. The molecule has 1 aliphatic carbocycles. The fourth-order valence-corrected chi connectivity index (χ4v) is 3.89. The van der Waals surface area contributed by atoms with Gasteiger partial charge in [-0.1, -0.05) is 26.2 Å². The van der Waals surface area contributed by atoms with Crippen LogP contribution in [0.1, 0.15) is 72.1 Å². The summed E-state index contributed by atoms with van der Waals surface area (Å²) in [7, 11) is 0. The Morgan fingerprint density at radius 3 is 2.21 bits per heavy atom. The van der Waals surface area contributed by atoms with E-state index in [0.717, 1.165) is 12.0 Å². The van der Waals surface area contributed by atoms with Crippen LogP contribution in [0, 0.1) is 5.41 Å². The van der Waals surface area contributed by atoms with Crippen molar-refractivity contribution in [2.24, 2.45) is 5.41 Å². The monoisotopic (exact) mass is 266 g/mol. The van der Waals surface area contributed by atoms with Gasteiger partial charge in [-0.3, -0.25) is 4.90 Å². The molecular weight excluding hydrogens is 232 g/mol. The van der Waals surface area contributed by atoms with Crippen molar-refractivity contribution in [2.75, 3.05) is 19.6 Å². The van der Waals surface area contributed by atoms with Crippen molar-refractivity contribution in [3.8, 4) is 0 Å². The van der Waals surface area contributed by atoms with Crippen LogP contribution in [0.3, 0.4) is 0 Å². The number of nitrogens with one attached hydrogen (secondary N) is 1. The second kappa shape index (κ2) is 7.08. The molecule has 0 radical (unpaired) electrons. The van der Waals surface area contributed by atoms with Gasteiger partial charge in [0.05, 0.1) is 0 Å². The minimum atomic E-state index is 0.664. The van der Waals surface area contributed by atoms with Crippen molar-refractivity contribution in [1.29, 1.82) is 0 Å². The zero-order valence-electron chi connectivity index (χ0n) is 13.4.